The molecule has 0 aliphatic heterocycles. The number of rotatable bonds is 12. The van der Waals surface area contributed by atoms with Crippen LogP contribution in [0.5, 0.6) is 0 Å². The van der Waals surface area contributed by atoms with Crippen LogP contribution in [0.25, 0.3) is 0 Å². The molecule has 3 heteroatoms. The Morgan fingerprint density at radius 3 is 2.19 bits per heavy atom. The predicted octanol–water partition coefficient (Wildman–Crippen LogP) is 5.43. The molecule has 0 saturated carbocycles. The number of imidazole rings is 1. The second-order valence-corrected chi connectivity index (χ2v) is 5.99. The molecule has 0 aliphatic rings. The molecule has 3 nitrogen and oxygen atoms in total. The van der Waals surface area contributed by atoms with Gasteiger partial charge in [-0.3, -0.25) is 0 Å². The van der Waals surface area contributed by atoms with Gasteiger partial charge in [-0.1, -0.05) is 64.7 Å². The average molecular weight is 289 g/mol. The number of hydrogen-bond acceptors (Lipinski definition) is 2. The van der Waals surface area contributed by atoms with E-state index in [-0.39, 0.29) is 6.04 Å². The van der Waals surface area contributed by atoms with Crippen molar-refractivity contribution in [3.63, 3.8) is 0 Å². The molecule has 0 radical (unpaired) electrons. The van der Waals surface area contributed by atoms with E-state index < -0.39 is 0 Å². The van der Waals surface area contributed by atoms with E-state index in [2.05, 4.69) is 18.0 Å². The maximum Gasteiger partial charge on any atom is 0.119 e. The molecule has 1 unspecified atom stereocenters. The topological polar surface area (TPSA) is 41.6 Å². The van der Waals surface area contributed by atoms with Crippen LogP contribution in [0.3, 0.4) is 0 Å². The first-order valence-electron chi connectivity index (χ1n) is 8.71. The summed E-state index contributed by atoms with van der Waals surface area (Å²) in [6, 6.07) is 2.16. The number of unbranched alkanes of at least 4 members (excludes halogenated alkanes) is 9. The monoisotopic (exact) mass is 289 g/mol. The van der Waals surface area contributed by atoms with Crippen molar-refractivity contribution < 1.29 is 0 Å². The van der Waals surface area contributed by atoms with Crippen LogP contribution in [-0.4, -0.2) is 9.55 Å². The van der Waals surface area contributed by atoms with Gasteiger partial charge in [0, 0.05) is 18.8 Å². The third kappa shape index (κ3) is 7.32. The molecule has 0 saturated heterocycles. The molecule has 0 amide bonds. The number of nitriles is 1. The number of hydrogen-bond donors (Lipinski definition) is 0. The molecule has 0 spiro atoms. The Morgan fingerprint density at radius 2 is 1.62 bits per heavy atom. The first-order valence-corrected chi connectivity index (χ1v) is 8.71. The second-order valence-electron chi connectivity index (χ2n) is 5.99. The summed E-state index contributed by atoms with van der Waals surface area (Å²) in [7, 11) is 0. The van der Waals surface area contributed by atoms with E-state index in [1.165, 1.54) is 64.2 Å². The Bertz CT molecular complexity index is 403. The molecule has 1 atom stereocenters. The molecule has 1 rings (SSSR count). The second kappa shape index (κ2) is 11.4. The van der Waals surface area contributed by atoms with Gasteiger partial charge in [0.15, 0.2) is 0 Å². The van der Waals surface area contributed by atoms with Gasteiger partial charge >= 0.3 is 0 Å². The van der Waals surface area contributed by atoms with Crippen LogP contribution in [-0.2, 0) is 6.42 Å². The quantitative estimate of drug-likeness (QED) is 0.481. The Hall–Kier alpha value is -1.30. The van der Waals surface area contributed by atoms with Gasteiger partial charge in [-0.15, -0.1) is 0 Å². The molecule has 1 heterocycles. The van der Waals surface area contributed by atoms with Crippen LogP contribution in [0.15, 0.2) is 12.4 Å². The molecule has 0 aliphatic carbocycles. The minimum Gasteiger partial charge on any atom is -0.319 e. The van der Waals surface area contributed by atoms with Crippen molar-refractivity contribution in [3.8, 4) is 6.07 Å². The zero-order valence-corrected chi connectivity index (χ0v) is 13.9. The number of aromatic nitrogens is 2. The van der Waals surface area contributed by atoms with Gasteiger partial charge in [0.1, 0.15) is 11.9 Å². The highest BCUT2D eigenvalue weighted by Gasteiger charge is 2.08. The third-order valence-electron chi connectivity index (χ3n) is 4.11. The number of nitrogens with zero attached hydrogens (tertiary/aromatic N) is 3. The van der Waals surface area contributed by atoms with E-state index in [0.717, 1.165) is 12.2 Å². The van der Waals surface area contributed by atoms with Crippen molar-refractivity contribution in [2.75, 3.05) is 0 Å². The van der Waals surface area contributed by atoms with Gasteiger partial charge in [0.25, 0.3) is 0 Å². The van der Waals surface area contributed by atoms with Crippen molar-refractivity contribution in [1.29, 1.82) is 5.26 Å². The fourth-order valence-corrected chi connectivity index (χ4v) is 2.72. The fourth-order valence-electron chi connectivity index (χ4n) is 2.72. The smallest absolute Gasteiger partial charge is 0.119 e. The molecule has 0 aromatic carbocycles. The maximum atomic E-state index is 8.98. The van der Waals surface area contributed by atoms with Crippen LogP contribution >= 0.6 is 0 Å². The highest BCUT2D eigenvalue weighted by Crippen LogP contribution is 2.14. The first-order chi connectivity index (χ1) is 10.3. The van der Waals surface area contributed by atoms with Crippen molar-refractivity contribution >= 4 is 0 Å². The van der Waals surface area contributed by atoms with Crippen LogP contribution in [0.2, 0.25) is 0 Å². The normalized spacial score (nSPS) is 12.2. The minimum atomic E-state index is -0.106. The van der Waals surface area contributed by atoms with Gasteiger partial charge in [0.2, 0.25) is 0 Å². The zero-order chi connectivity index (χ0) is 15.3. The van der Waals surface area contributed by atoms with Crippen LogP contribution in [0.4, 0.5) is 0 Å². The van der Waals surface area contributed by atoms with Gasteiger partial charge in [0.05, 0.1) is 6.07 Å². The van der Waals surface area contributed by atoms with Crippen LogP contribution < -0.4 is 0 Å². The highest BCUT2D eigenvalue weighted by molar-refractivity contribution is 5.00. The SMILES string of the molecule is CCCCCCCCCCCCc1nccn1C(C)C#N. The minimum absolute atomic E-state index is 0.106. The summed E-state index contributed by atoms with van der Waals surface area (Å²) >= 11 is 0. The van der Waals surface area contributed by atoms with Gasteiger partial charge in [-0.25, -0.2) is 4.98 Å². The molecule has 0 bridgehead atoms. The van der Waals surface area contributed by atoms with E-state index in [9.17, 15) is 0 Å². The maximum absolute atomic E-state index is 8.98. The molecular weight excluding hydrogens is 258 g/mol. The van der Waals surface area contributed by atoms with Crippen molar-refractivity contribution in [2.45, 2.75) is 90.5 Å². The summed E-state index contributed by atoms with van der Waals surface area (Å²) < 4.78 is 1.99. The van der Waals surface area contributed by atoms with Crippen molar-refractivity contribution in [3.05, 3.63) is 18.2 Å². The summed E-state index contributed by atoms with van der Waals surface area (Å²) in [5.41, 5.74) is 0. The van der Waals surface area contributed by atoms with Gasteiger partial charge in [-0.05, 0) is 13.3 Å². The lowest BCUT2D eigenvalue weighted by atomic mass is 10.1. The zero-order valence-electron chi connectivity index (χ0n) is 13.9. The van der Waals surface area contributed by atoms with E-state index >= 15 is 0 Å². The van der Waals surface area contributed by atoms with E-state index in [4.69, 9.17) is 5.26 Å². The Kier molecular flexibility index (Phi) is 9.61. The summed E-state index contributed by atoms with van der Waals surface area (Å²) in [5.74, 6) is 1.06. The fraction of sp³-hybridized carbons (Fsp3) is 0.778. The molecule has 118 valence electrons. The molecule has 1 aromatic rings. The first kappa shape index (κ1) is 17.8. The summed E-state index contributed by atoms with van der Waals surface area (Å²) in [4.78, 5) is 4.37. The predicted molar refractivity (Wildman–Crippen MR) is 88.1 cm³/mol. The summed E-state index contributed by atoms with van der Waals surface area (Å²) in [6.45, 7) is 4.19. The lowest BCUT2D eigenvalue weighted by molar-refractivity contribution is 0.546. The summed E-state index contributed by atoms with van der Waals surface area (Å²) in [6.07, 6.45) is 18.2. The lowest BCUT2D eigenvalue weighted by Gasteiger charge is -2.09. The molecular formula is C18H31N3. The van der Waals surface area contributed by atoms with Crippen molar-refractivity contribution in [2.24, 2.45) is 0 Å². The van der Waals surface area contributed by atoms with Crippen LogP contribution in [0, 0.1) is 11.3 Å². The Balaban J connectivity index is 2.02. The molecule has 21 heavy (non-hydrogen) atoms. The third-order valence-corrected chi connectivity index (χ3v) is 4.11. The number of aryl methyl sites for hydroxylation is 1. The van der Waals surface area contributed by atoms with E-state index in [1.54, 1.807) is 6.20 Å². The van der Waals surface area contributed by atoms with Gasteiger partial charge < -0.3 is 4.57 Å². The van der Waals surface area contributed by atoms with E-state index in [0.29, 0.717) is 0 Å². The van der Waals surface area contributed by atoms with Crippen LogP contribution in [0.1, 0.15) is 89.9 Å². The highest BCUT2D eigenvalue weighted by atomic mass is 15.1. The Labute approximate surface area is 130 Å². The lowest BCUT2D eigenvalue weighted by Crippen LogP contribution is -2.06. The summed E-state index contributed by atoms with van der Waals surface area (Å²) in [5, 5.41) is 8.98. The molecule has 0 N–H and O–H groups in total. The van der Waals surface area contributed by atoms with Gasteiger partial charge in [-0.2, -0.15) is 5.26 Å². The largest absolute Gasteiger partial charge is 0.319 e. The standard InChI is InChI=1S/C18H31N3/c1-3-4-5-6-7-8-9-10-11-12-13-18-20-14-15-21(18)17(2)16-19/h14-15,17H,3-13H2,1-2H3. The van der Waals surface area contributed by atoms with E-state index in [1.807, 2.05) is 17.7 Å². The molecule has 1 aromatic heterocycles. The Morgan fingerprint density at radius 1 is 1.05 bits per heavy atom. The van der Waals surface area contributed by atoms with Crippen molar-refractivity contribution in [1.82, 2.24) is 9.55 Å². The molecule has 0 fully saturated rings. The average Bonchev–Trinajstić information content (AvgIpc) is 2.97.